The fourth-order valence-electron chi connectivity index (χ4n) is 3.60. The van der Waals surface area contributed by atoms with Gasteiger partial charge >= 0.3 is 0 Å². The summed E-state index contributed by atoms with van der Waals surface area (Å²) >= 11 is 0. The van der Waals surface area contributed by atoms with Gasteiger partial charge in [0, 0.05) is 5.41 Å². The minimum absolute atomic E-state index is 0.191. The Morgan fingerprint density at radius 3 is 2.37 bits per heavy atom. The summed E-state index contributed by atoms with van der Waals surface area (Å²) in [6.45, 7) is 9.25. The summed E-state index contributed by atoms with van der Waals surface area (Å²) in [6, 6.07) is 6.95. The van der Waals surface area contributed by atoms with Crippen molar-refractivity contribution in [3.05, 3.63) is 34.9 Å². The lowest BCUT2D eigenvalue weighted by molar-refractivity contribution is -0.0976. The number of hydrogen-bond acceptors (Lipinski definition) is 2. The summed E-state index contributed by atoms with van der Waals surface area (Å²) in [5, 5.41) is 0. The van der Waals surface area contributed by atoms with Crippen molar-refractivity contribution < 1.29 is 4.74 Å². The number of nitrogens with two attached hydrogens (primary N) is 1. The molecule has 2 nitrogen and oxygen atoms in total. The Bertz CT molecular complexity index is 484. The molecular weight excluding hydrogens is 234 g/mol. The molecule has 1 saturated carbocycles. The third kappa shape index (κ3) is 1.77. The van der Waals surface area contributed by atoms with Crippen molar-refractivity contribution in [1.29, 1.82) is 0 Å². The van der Waals surface area contributed by atoms with Crippen LogP contribution in [0.15, 0.2) is 18.2 Å². The first kappa shape index (κ1) is 13.1. The minimum Gasteiger partial charge on any atom is -0.379 e. The molecule has 2 fully saturated rings. The number of aryl methyl sites for hydroxylation is 1. The Balaban J connectivity index is 2.07. The summed E-state index contributed by atoms with van der Waals surface area (Å²) in [5.41, 5.74) is 10.9. The molecule has 1 aliphatic heterocycles. The molecule has 104 valence electrons. The second-order valence-electron chi connectivity index (χ2n) is 6.79. The second-order valence-corrected chi connectivity index (χ2v) is 6.79. The normalized spacial score (nSPS) is 23.2. The smallest absolute Gasteiger partial charge is 0.0591 e. The summed E-state index contributed by atoms with van der Waals surface area (Å²) in [5.74, 6) is 0.574. The van der Waals surface area contributed by atoms with Crippen LogP contribution < -0.4 is 5.73 Å². The maximum atomic E-state index is 6.09. The van der Waals surface area contributed by atoms with Gasteiger partial charge in [0.2, 0.25) is 0 Å². The van der Waals surface area contributed by atoms with Gasteiger partial charge in [-0.3, -0.25) is 0 Å². The van der Waals surface area contributed by atoms with Crippen LogP contribution in [0.2, 0.25) is 0 Å². The van der Waals surface area contributed by atoms with Crippen molar-refractivity contribution in [3.8, 4) is 0 Å². The van der Waals surface area contributed by atoms with E-state index in [4.69, 9.17) is 10.5 Å². The van der Waals surface area contributed by atoms with Gasteiger partial charge in [0.1, 0.15) is 0 Å². The van der Waals surface area contributed by atoms with Crippen molar-refractivity contribution in [3.63, 3.8) is 0 Å². The summed E-state index contributed by atoms with van der Waals surface area (Å²) in [4.78, 5) is 0. The lowest BCUT2D eigenvalue weighted by Crippen LogP contribution is -2.56. The van der Waals surface area contributed by atoms with E-state index in [2.05, 4.69) is 39.0 Å². The highest BCUT2D eigenvalue weighted by molar-refractivity contribution is 5.43. The fraction of sp³-hybridized carbons (Fsp3) is 0.647. The van der Waals surface area contributed by atoms with Crippen molar-refractivity contribution >= 4 is 0 Å². The molecule has 1 aliphatic carbocycles. The zero-order chi connectivity index (χ0) is 13.7. The van der Waals surface area contributed by atoms with E-state index in [9.17, 15) is 0 Å². The lowest BCUT2D eigenvalue weighted by atomic mass is 9.64. The van der Waals surface area contributed by atoms with Crippen molar-refractivity contribution in [1.82, 2.24) is 0 Å². The number of ether oxygens (including phenoxy) is 1. The molecule has 3 rings (SSSR count). The number of rotatable bonds is 4. The maximum absolute atomic E-state index is 6.09. The van der Waals surface area contributed by atoms with Gasteiger partial charge in [-0.25, -0.2) is 0 Å². The average Bonchev–Trinajstić information content (AvgIpc) is 3.11. The van der Waals surface area contributed by atoms with E-state index in [1.54, 1.807) is 0 Å². The predicted octanol–water partition coefficient (Wildman–Crippen LogP) is 3.13. The monoisotopic (exact) mass is 259 g/mol. The SMILES string of the molecule is Cc1ccc(C(C)C)cc1C1(C2(CN)CC2)COC1. The molecule has 1 aromatic rings. The molecule has 0 unspecified atom stereocenters. The molecular formula is C17H25NO. The highest BCUT2D eigenvalue weighted by Crippen LogP contribution is 2.62. The minimum atomic E-state index is 0.191. The van der Waals surface area contributed by atoms with E-state index >= 15 is 0 Å². The Morgan fingerprint density at radius 1 is 1.26 bits per heavy atom. The molecule has 19 heavy (non-hydrogen) atoms. The molecule has 1 heterocycles. The molecule has 2 N–H and O–H groups in total. The molecule has 1 saturated heterocycles. The molecule has 0 bridgehead atoms. The van der Waals surface area contributed by atoms with Crippen molar-refractivity contribution in [2.45, 2.75) is 44.9 Å². The Hall–Kier alpha value is -0.860. The highest BCUT2D eigenvalue weighted by atomic mass is 16.5. The van der Waals surface area contributed by atoms with Gasteiger partial charge in [-0.1, -0.05) is 32.0 Å². The number of benzene rings is 1. The molecule has 2 aliphatic rings. The summed E-state index contributed by atoms with van der Waals surface area (Å²) in [6.07, 6.45) is 2.52. The van der Waals surface area contributed by atoms with Crippen LogP contribution in [0.1, 0.15) is 49.3 Å². The van der Waals surface area contributed by atoms with E-state index < -0.39 is 0 Å². The van der Waals surface area contributed by atoms with Crippen LogP contribution in [0.5, 0.6) is 0 Å². The first-order valence-corrected chi connectivity index (χ1v) is 7.43. The molecule has 0 atom stereocenters. The topological polar surface area (TPSA) is 35.2 Å². The molecule has 1 aromatic carbocycles. The fourth-order valence-corrected chi connectivity index (χ4v) is 3.60. The quantitative estimate of drug-likeness (QED) is 0.901. The Morgan fingerprint density at radius 2 is 1.95 bits per heavy atom. The molecule has 2 heteroatoms. The molecule has 0 amide bonds. The first-order chi connectivity index (χ1) is 9.05. The molecule has 0 spiro atoms. The second kappa shape index (κ2) is 4.32. The highest BCUT2D eigenvalue weighted by Gasteiger charge is 2.63. The van der Waals surface area contributed by atoms with Crippen LogP contribution in [0.3, 0.4) is 0 Å². The van der Waals surface area contributed by atoms with Gasteiger partial charge in [-0.15, -0.1) is 0 Å². The maximum Gasteiger partial charge on any atom is 0.0591 e. The van der Waals surface area contributed by atoms with Gasteiger partial charge in [0.05, 0.1) is 13.2 Å². The van der Waals surface area contributed by atoms with Gasteiger partial charge in [0.25, 0.3) is 0 Å². The predicted molar refractivity (Wildman–Crippen MR) is 78.5 cm³/mol. The third-order valence-corrected chi connectivity index (χ3v) is 5.40. The molecule has 0 radical (unpaired) electrons. The van der Waals surface area contributed by atoms with E-state index in [1.165, 1.54) is 29.5 Å². The summed E-state index contributed by atoms with van der Waals surface area (Å²) < 4.78 is 5.62. The van der Waals surface area contributed by atoms with E-state index in [1.807, 2.05) is 0 Å². The average molecular weight is 259 g/mol. The Labute approximate surface area is 116 Å². The number of hydrogen-bond donors (Lipinski definition) is 1. The van der Waals surface area contributed by atoms with E-state index in [0.29, 0.717) is 11.3 Å². The largest absolute Gasteiger partial charge is 0.379 e. The van der Waals surface area contributed by atoms with Gasteiger partial charge < -0.3 is 10.5 Å². The van der Waals surface area contributed by atoms with Gasteiger partial charge in [-0.2, -0.15) is 0 Å². The first-order valence-electron chi connectivity index (χ1n) is 7.43. The zero-order valence-electron chi connectivity index (χ0n) is 12.3. The van der Waals surface area contributed by atoms with Crippen LogP contribution in [0.4, 0.5) is 0 Å². The van der Waals surface area contributed by atoms with Gasteiger partial charge in [-0.05, 0) is 54.3 Å². The van der Waals surface area contributed by atoms with Crippen LogP contribution in [-0.2, 0) is 10.2 Å². The molecule has 0 aromatic heterocycles. The van der Waals surface area contributed by atoms with Crippen LogP contribution in [-0.4, -0.2) is 19.8 Å². The van der Waals surface area contributed by atoms with Crippen molar-refractivity contribution in [2.24, 2.45) is 11.1 Å². The van der Waals surface area contributed by atoms with E-state index in [-0.39, 0.29) is 5.41 Å². The zero-order valence-corrected chi connectivity index (χ0v) is 12.3. The Kier molecular flexibility index (Phi) is 2.99. The van der Waals surface area contributed by atoms with Crippen LogP contribution >= 0.6 is 0 Å². The van der Waals surface area contributed by atoms with Crippen LogP contribution in [0, 0.1) is 12.3 Å². The lowest BCUT2D eigenvalue weighted by Gasteiger charge is -2.49. The standard InChI is InChI=1S/C17H25NO/c1-12(2)14-5-4-13(3)15(8-14)17(10-19-11-17)16(9-18)6-7-16/h4-5,8,12H,6-7,9-11,18H2,1-3H3. The van der Waals surface area contributed by atoms with Crippen LogP contribution in [0.25, 0.3) is 0 Å². The van der Waals surface area contributed by atoms with Gasteiger partial charge in [0.15, 0.2) is 0 Å². The van der Waals surface area contributed by atoms with Crippen molar-refractivity contribution in [2.75, 3.05) is 19.8 Å². The van der Waals surface area contributed by atoms with E-state index in [0.717, 1.165) is 19.8 Å². The third-order valence-electron chi connectivity index (χ3n) is 5.40. The summed E-state index contributed by atoms with van der Waals surface area (Å²) in [7, 11) is 0.